The van der Waals surface area contributed by atoms with Gasteiger partial charge in [0, 0.05) is 23.1 Å². The van der Waals surface area contributed by atoms with E-state index in [0.29, 0.717) is 12.2 Å². The lowest BCUT2D eigenvalue weighted by molar-refractivity contribution is -0.115. The number of thioether (sulfide) groups is 1. The Bertz CT molecular complexity index is 1210. The second kappa shape index (κ2) is 8.62. The van der Waals surface area contributed by atoms with Crippen molar-refractivity contribution in [1.29, 1.82) is 0 Å². The van der Waals surface area contributed by atoms with E-state index in [0.717, 1.165) is 32.4 Å². The number of benzene rings is 2. The summed E-state index contributed by atoms with van der Waals surface area (Å²) in [6.45, 7) is 8.15. The normalized spacial score (nSPS) is 11.2. The molecule has 154 valence electrons. The Hall–Kier alpha value is -2.64. The van der Waals surface area contributed by atoms with E-state index < -0.39 is 0 Å². The van der Waals surface area contributed by atoms with Gasteiger partial charge >= 0.3 is 0 Å². The first-order valence-corrected chi connectivity index (χ1v) is 11.6. The topological polar surface area (TPSA) is 59.8 Å². The average molecular weight is 437 g/mol. The zero-order valence-electron chi connectivity index (χ0n) is 17.5. The lowest BCUT2D eigenvalue weighted by Gasteiger charge is -2.06. The second-order valence-electron chi connectivity index (χ2n) is 7.47. The summed E-state index contributed by atoms with van der Waals surface area (Å²) in [7, 11) is 0. The first-order chi connectivity index (χ1) is 14.4. The number of carbonyl (C=O) groups is 1. The molecular formula is C23H24N4OS2. The van der Waals surface area contributed by atoms with Gasteiger partial charge in [0.1, 0.15) is 5.82 Å². The number of nitrogens with zero attached hydrogens (tertiary/aromatic N) is 3. The predicted octanol–water partition coefficient (Wildman–Crippen LogP) is 5.84. The smallest absolute Gasteiger partial charge is 0.226 e. The molecule has 2 heterocycles. The largest absolute Gasteiger partial charge is 0.310 e. The summed E-state index contributed by atoms with van der Waals surface area (Å²) >= 11 is 3.27. The number of anilines is 1. The molecule has 0 spiro atoms. The van der Waals surface area contributed by atoms with Crippen molar-refractivity contribution in [2.24, 2.45) is 0 Å². The van der Waals surface area contributed by atoms with Crippen molar-refractivity contribution in [1.82, 2.24) is 14.8 Å². The summed E-state index contributed by atoms with van der Waals surface area (Å²) in [6.07, 6.45) is 0.431. The predicted molar refractivity (Wildman–Crippen MR) is 126 cm³/mol. The molecule has 2 aromatic heterocycles. The van der Waals surface area contributed by atoms with Gasteiger partial charge in [-0.1, -0.05) is 35.1 Å². The van der Waals surface area contributed by atoms with E-state index in [9.17, 15) is 4.79 Å². The lowest BCUT2D eigenvalue weighted by Crippen LogP contribution is -2.15. The maximum Gasteiger partial charge on any atom is 0.226 e. The van der Waals surface area contributed by atoms with Crippen LogP contribution in [0.15, 0.2) is 47.4 Å². The van der Waals surface area contributed by atoms with Gasteiger partial charge in [0.2, 0.25) is 11.0 Å². The van der Waals surface area contributed by atoms with Crippen LogP contribution in [0.5, 0.6) is 0 Å². The number of hydrogen-bond donors (Lipinski definition) is 1. The maximum absolute atomic E-state index is 12.5. The summed E-state index contributed by atoms with van der Waals surface area (Å²) in [5.41, 5.74) is 5.43. The van der Waals surface area contributed by atoms with Crippen LogP contribution in [-0.4, -0.2) is 26.4 Å². The number of nitrogens with one attached hydrogen (secondary N) is 1. The van der Waals surface area contributed by atoms with E-state index in [1.807, 2.05) is 13.0 Å². The summed E-state index contributed by atoms with van der Waals surface area (Å²) in [5, 5.41) is 8.33. The zero-order chi connectivity index (χ0) is 21.3. The molecule has 0 bridgehead atoms. The minimum atomic E-state index is -0.0242. The number of rotatable bonds is 6. The molecular weight excluding hydrogens is 412 g/mol. The van der Waals surface area contributed by atoms with Crippen LogP contribution in [0.3, 0.4) is 0 Å². The van der Waals surface area contributed by atoms with Gasteiger partial charge in [0.15, 0.2) is 0 Å². The fourth-order valence-electron chi connectivity index (χ4n) is 3.29. The van der Waals surface area contributed by atoms with Gasteiger partial charge < -0.3 is 5.32 Å². The molecule has 0 saturated heterocycles. The highest BCUT2D eigenvalue weighted by Crippen LogP contribution is 2.30. The van der Waals surface area contributed by atoms with E-state index in [4.69, 9.17) is 4.98 Å². The maximum atomic E-state index is 12.5. The van der Waals surface area contributed by atoms with E-state index in [-0.39, 0.29) is 5.91 Å². The summed E-state index contributed by atoms with van der Waals surface area (Å²) < 4.78 is 2.86. The molecule has 30 heavy (non-hydrogen) atoms. The quantitative estimate of drug-likeness (QED) is 0.386. The van der Waals surface area contributed by atoms with E-state index >= 15 is 0 Å². The highest BCUT2D eigenvalue weighted by atomic mass is 32.2. The SMILES string of the molecule is Cc1ccc(SCCC(=O)Nc2cc(C)nn2-c2nc3c(C)cc(C)cc3s2)cc1. The van der Waals surface area contributed by atoms with Gasteiger partial charge in [0.05, 0.1) is 15.9 Å². The lowest BCUT2D eigenvalue weighted by atomic mass is 10.1. The molecule has 0 aliphatic rings. The van der Waals surface area contributed by atoms with Gasteiger partial charge in [-0.15, -0.1) is 11.8 Å². The number of thiazole rings is 1. The molecule has 0 saturated carbocycles. The second-order valence-corrected chi connectivity index (χ2v) is 9.64. The number of aryl methyl sites for hydroxylation is 4. The van der Waals surface area contributed by atoms with Gasteiger partial charge in [-0.05, 0) is 57.0 Å². The van der Waals surface area contributed by atoms with Crippen LogP contribution < -0.4 is 5.32 Å². The molecule has 4 rings (SSSR count). The highest BCUT2D eigenvalue weighted by molar-refractivity contribution is 7.99. The molecule has 4 aromatic rings. The summed E-state index contributed by atoms with van der Waals surface area (Å²) in [4.78, 5) is 18.5. The van der Waals surface area contributed by atoms with Crippen molar-refractivity contribution in [3.05, 3.63) is 64.8 Å². The van der Waals surface area contributed by atoms with Crippen molar-refractivity contribution in [3.8, 4) is 5.13 Å². The third-order valence-electron chi connectivity index (χ3n) is 4.72. The van der Waals surface area contributed by atoms with Crippen molar-refractivity contribution >= 4 is 45.0 Å². The zero-order valence-corrected chi connectivity index (χ0v) is 19.2. The minimum absolute atomic E-state index is 0.0242. The Morgan fingerprint density at radius 1 is 1.07 bits per heavy atom. The molecule has 2 aromatic carbocycles. The summed E-state index contributed by atoms with van der Waals surface area (Å²) in [6, 6.07) is 14.5. The first kappa shape index (κ1) is 20.6. The molecule has 0 radical (unpaired) electrons. The molecule has 1 N–H and O–H groups in total. The molecule has 1 amide bonds. The first-order valence-electron chi connectivity index (χ1n) is 9.83. The molecule has 0 atom stereocenters. The third-order valence-corrected chi connectivity index (χ3v) is 6.71. The molecule has 0 unspecified atom stereocenters. The Labute approximate surface area is 184 Å². The number of fused-ring (bicyclic) bond motifs is 1. The number of amides is 1. The van der Waals surface area contributed by atoms with Crippen molar-refractivity contribution in [2.45, 2.75) is 39.0 Å². The fourth-order valence-corrected chi connectivity index (χ4v) is 5.24. The monoisotopic (exact) mass is 436 g/mol. The van der Waals surface area contributed by atoms with Crippen LogP contribution in [-0.2, 0) is 4.79 Å². The Morgan fingerprint density at radius 3 is 2.60 bits per heavy atom. The van der Waals surface area contributed by atoms with Crippen LogP contribution in [0.1, 0.15) is 28.8 Å². The van der Waals surface area contributed by atoms with Crippen molar-refractivity contribution < 1.29 is 4.79 Å². The average Bonchev–Trinajstić information content (AvgIpc) is 3.26. The highest BCUT2D eigenvalue weighted by Gasteiger charge is 2.15. The van der Waals surface area contributed by atoms with E-state index in [2.05, 4.69) is 67.6 Å². The molecule has 0 aliphatic heterocycles. The van der Waals surface area contributed by atoms with Crippen LogP contribution in [0.25, 0.3) is 15.3 Å². The van der Waals surface area contributed by atoms with E-state index in [1.54, 1.807) is 27.8 Å². The summed E-state index contributed by atoms with van der Waals surface area (Å²) in [5.74, 6) is 1.36. The Morgan fingerprint density at radius 2 is 1.83 bits per heavy atom. The van der Waals surface area contributed by atoms with Gasteiger partial charge in [-0.25, -0.2) is 4.98 Å². The molecule has 0 aliphatic carbocycles. The Kier molecular flexibility index (Phi) is 5.92. The number of carbonyl (C=O) groups excluding carboxylic acids is 1. The minimum Gasteiger partial charge on any atom is -0.310 e. The third kappa shape index (κ3) is 4.57. The van der Waals surface area contributed by atoms with Crippen LogP contribution >= 0.6 is 23.1 Å². The fraction of sp³-hybridized carbons (Fsp3) is 0.261. The van der Waals surface area contributed by atoms with Crippen LogP contribution in [0.4, 0.5) is 5.82 Å². The van der Waals surface area contributed by atoms with Crippen LogP contribution in [0.2, 0.25) is 0 Å². The van der Waals surface area contributed by atoms with Crippen LogP contribution in [0, 0.1) is 27.7 Å². The van der Waals surface area contributed by atoms with Gasteiger partial charge in [0.25, 0.3) is 0 Å². The number of hydrogen-bond acceptors (Lipinski definition) is 5. The molecule has 0 fully saturated rings. The van der Waals surface area contributed by atoms with Gasteiger partial charge in [-0.3, -0.25) is 4.79 Å². The number of aromatic nitrogens is 3. The Balaban J connectivity index is 1.47. The van der Waals surface area contributed by atoms with Crippen molar-refractivity contribution in [2.75, 3.05) is 11.1 Å². The van der Waals surface area contributed by atoms with Gasteiger partial charge in [-0.2, -0.15) is 9.78 Å². The standard InChI is InChI=1S/C23H24N4OS2/c1-14-5-7-18(8-6-14)29-10-9-21(28)24-20-13-17(4)26-27(20)23-25-22-16(3)11-15(2)12-19(22)30-23/h5-8,11-13H,9-10H2,1-4H3,(H,24,28). The van der Waals surface area contributed by atoms with E-state index in [1.165, 1.54) is 16.0 Å². The van der Waals surface area contributed by atoms with Crippen molar-refractivity contribution in [3.63, 3.8) is 0 Å². The molecule has 5 nitrogen and oxygen atoms in total. The molecule has 7 heteroatoms.